The molecule has 2 aromatic rings. The molecular formula is C34H45N7O9S. The fourth-order valence-corrected chi connectivity index (χ4v) is 7.11. The second-order valence-electron chi connectivity index (χ2n) is 13.4. The van der Waals surface area contributed by atoms with E-state index in [9.17, 15) is 42.3 Å². The molecular weight excluding hydrogens is 682 g/mol. The van der Waals surface area contributed by atoms with Crippen molar-refractivity contribution in [1.29, 1.82) is 0 Å². The average Bonchev–Trinajstić information content (AvgIpc) is 3.49. The standard InChI is InChI=1S/C34H45N7O9S/c1-18(2)29-32(46)37-24(12-21-9-7-6-8-10-21)34(48)41-15-23(36-30(44)22-11-19(3)20(4)27(13-22)51(35,49)50)14-26(41)31(45)38-25(17-42)33(47)40(5)16-28(43)39-29/h6-11,13,18,23-26,29,42H,12,14-17H2,1-5H3,(H,36,44)(H,37,46)(H,38,45)(H,39,43)(H2,35,49,50)/t23-,24-,25-,26-,29+/m0/s1. The van der Waals surface area contributed by atoms with Crippen LogP contribution in [0.4, 0.5) is 0 Å². The van der Waals surface area contributed by atoms with Crippen molar-refractivity contribution in [3.63, 3.8) is 0 Å². The van der Waals surface area contributed by atoms with Gasteiger partial charge < -0.3 is 36.2 Å². The number of fused-ring (bicyclic) bond motifs is 1. The van der Waals surface area contributed by atoms with Crippen LogP contribution >= 0.6 is 0 Å². The summed E-state index contributed by atoms with van der Waals surface area (Å²) in [6.45, 7) is 5.11. The third-order valence-corrected chi connectivity index (χ3v) is 10.2. The van der Waals surface area contributed by atoms with Crippen LogP contribution in [0, 0.1) is 19.8 Å². The molecule has 0 saturated carbocycles. The van der Waals surface area contributed by atoms with Gasteiger partial charge in [0.05, 0.1) is 18.0 Å². The Kier molecular flexibility index (Phi) is 12.2. The van der Waals surface area contributed by atoms with Crippen molar-refractivity contribution < 1.29 is 42.3 Å². The van der Waals surface area contributed by atoms with Crippen molar-refractivity contribution in [3.05, 3.63) is 64.7 Å². The molecule has 2 aliphatic heterocycles. The van der Waals surface area contributed by atoms with Gasteiger partial charge >= 0.3 is 0 Å². The van der Waals surface area contributed by atoms with E-state index >= 15 is 0 Å². The Morgan fingerprint density at radius 1 is 0.980 bits per heavy atom. The number of amides is 6. The zero-order valence-electron chi connectivity index (χ0n) is 29.1. The Bertz CT molecular complexity index is 1800. The van der Waals surface area contributed by atoms with E-state index < -0.39 is 94.7 Å². The molecule has 0 unspecified atom stereocenters. The lowest BCUT2D eigenvalue weighted by Crippen LogP contribution is -2.58. The van der Waals surface area contributed by atoms with Gasteiger partial charge in [-0.3, -0.25) is 28.8 Å². The minimum Gasteiger partial charge on any atom is -0.394 e. The molecule has 2 saturated heterocycles. The maximum Gasteiger partial charge on any atom is 0.251 e. The number of aliphatic hydroxyl groups excluding tert-OH is 1. The Hall–Kier alpha value is -4.87. The summed E-state index contributed by atoms with van der Waals surface area (Å²) in [7, 11) is -2.85. The highest BCUT2D eigenvalue weighted by molar-refractivity contribution is 7.89. The first-order valence-electron chi connectivity index (χ1n) is 16.5. The number of rotatable bonds is 7. The van der Waals surface area contributed by atoms with Crippen molar-refractivity contribution in [3.8, 4) is 0 Å². The molecule has 0 spiro atoms. The fourth-order valence-electron chi connectivity index (χ4n) is 6.23. The molecule has 6 amide bonds. The minimum absolute atomic E-state index is 0.00710. The van der Waals surface area contributed by atoms with Crippen LogP contribution in [0.15, 0.2) is 47.4 Å². The van der Waals surface area contributed by atoms with E-state index in [1.807, 2.05) is 0 Å². The maximum atomic E-state index is 14.4. The van der Waals surface area contributed by atoms with Gasteiger partial charge in [0.1, 0.15) is 24.2 Å². The number of hydrogen-bond acceptors (Lipinski definition) is 9. The summed E-state index contributed by atoms with van der Waals surface area (Å²) in [5, 5.41) is 26.1. The molecule has 7 N–H and O–H groups in total. The number of aliphatic hydroxyl groups is 1. The maximum absolute atomic E-state index is 14.4. The number of sulfonamides is 1. The molecule has 0 aromatic heterocycles. The first-order chi connectivity index (χ1) is 23.9. The van der Waals surface area contributed by atoms with Crippen LogP contribution in [0.1, 0.15) is 47.3 Å². The zero-order chi connectivity index (χ0) is 37.8. The second-order valence-corrected chi connectivity index (χ2v) is 14.9. The summed E-state index contributed by atoms with van der Waals surface area (Å²) in [4.78, 5) is 83.6. The molecule has 4 rings (SSSR count). The third-order valence-electron chi connectivity index (χ3n) is 9.13. The largest absolute Gasteiger partial charge is 0.394 e. The predicted octanol–water partition coefficient (Wildman–Crippen LogP) is -1.53. The van der Waals surface area contributed by atoms with Crippen LogP contribution in [-0.2, 0) is 40.4 Å². The predicted molar refractivity (Wildman–Crippen MR) is 184 cm³/mol. The number of hydrogen-bond donors (Lipinski definition) is 6. The van der Waals surface area contributed by atoms with Gasteiger partial charge in [-0.15, -0.1) is 0 Å². The average molecular weight is 728 g/mol. The number of nitrogens with zero attached hydrogens (tertiary/aromatic N) is 2. The number of benzene rings is 2. The summed E-state index contributed by atoms with van der Waals surface area (Å²) in [5.41, 5.74) is 1.57. The normalized spacial score (nSPS) is 23.9. The van der Waals surface area contributed by atoms with Crippen molar-refractivity contribution in [2.75, 3.05) is 26.7 Å². The molecule has 2 fully saturated rings. The van der Waals surface area contributed by atoms with Crippen molar-refractivity contribution >= 4 is 45.5 Å². The van der Waals surface area contributed by atoms with E-state index in [0.29, 0.717) is 16.7 Å². The van der Waals surface area contributed by atoms with E-state index in [4.69, 9.17) is 5.14 Å². The summed E-state index contributed by atoms with van der Waals surface area (Å²) < 4.78 is 24.4. The number of likely N-dealkylation sites (N-methyl/N-ethyl adjacent to an activating group) is 1. The van der Waals surface area contributed by atoms with Gasteiger partial charge in [-0.05, 0) is 55.0 Å². The van der Waals surface area contributed by atoms with Gasteiger partial charge in [0.25, 0.3) is 5.91 Å². The smallest absolute Gasteiger partial charge is 0.251 e. The number of primary sulfonamides is 1. The van der Waals surface area contributed by atoms with Crippen LogP contribution in [-0.4, -0.2) is 116 Å². The molecule has 2 aliphatic rings. The quantitative estimate of drug-likeness (QED) is 0.194. The highest BCUT2D eigenvalue weighted by Gasteiger charge is 2.44. The first-order valence-corrected chi connectivity index (χ1v) is 18.0. The lowest BCUT2D eigenvalue weighted by atomic mass is 10.0. The summed E-state index contributed by atoms with van der Waals surface area (Å²) >= 11 is 0. The van der Waals surface area contributed by atoms with Crippen molar-refractivity contribution in [2.45, 2.75) is 75.6 Å². The molecule has 276 valence electrons. The number of carbonyl (C=O) groups is 6. The van der Waals surface area contributed by atoms with Gasteiger partial charge in [0.2, 0.25) is 39.6 Å². The Morgan fingerprint density at radius 2 is 1.63 bits per heavy atom. The van der Waals surface area contributed by atoms with Gasteiger partial charge in [0.15, 0.2) is 0 Å². The molecule has 0 radical (unpaired) electrons. The molecule has 2 aromatic carbocycles. The number of aryl methyl sites for hydroxylation is 1. The van der Waals surface area contributed by atoms with Crippen LogP contribution in [0.3, 0.4) is 0 Å². The third kappa shape index (κ3) is 9.28. The lowest BCUT2D eigenvalue weighted by Gasteiger charge is -2.30. The van der Waals surface area contributed by atoms with Crippen molar-refractivity contribution in [1.82, 2.24) is 31.1 Å². The fraction of sp³-hybridized carbons (Fsp3) is 0.471. The van der Waals surface area contributed by atoms with E-state index in [-0.39, 0.29) is 29.8 Å². The first kappa shape index (κ1) is 38.9. The highest BCUT2D eigenvalue weighted by atomic mass is 32.2. The Morgan fingerprint density at radius 3 is 2.24 bits per heavy atom. The number of carbonyl (C=O) groups excluding carboxylic acids is 6. The summed E-state index contributed by atoms with van der Waals surface area (Å²) in [6.07, 6.45) is -0.107. The number of nitrogens with two attached hydrogens (primary N) is 1. The Labute approximate surface area is 296 Å². The Balaban J connectivity index is 1.74. The molecule has 16 nitrogen and oxygen atoms in total. The van der Waals surface area contributed by atoms with E-state index in [1.165, 1.54) is 18.0 Å². The van der Waals surface area contributed by atoms with Crippen LogP contribution < -0.4 is 26.4 Å². The second kappa shape index (κ2) is 16.0. The monoisotopic (exact) mass is 727 g/mol. The van der Waals surface area contributed by atoms with E-state index in [0.717, 1.165) is 11.0 Å². The molecule has 17 heteroatoms. The number of nitrogens with one attached hydrogen (secondary N) is 4. The van der Waals surface area contributed by atoms with Gasteiger partial charge in [0, 0.05) is 31.6 Å². The zero-order valence-corrected chi connectivity index (χ0v) is 30.0. The van der Waals surface area contributed by atoms with Crippen molar-refractivity contribution in [2.24, 2.45) is 11.1 Å². The van der Waals surface area contributed by atoms with Gasteiger partial charge in [-0.2, -0.15) is 0 Å². The molecule has 0 bridgehead atoms. The van der Waals surface area contributed by atoms with E-state index in [1.54, 1.807) is 58.0 Å². The molecule has 51 heavy (non-hydrogen) atoms. The van der Waals surface area contributed by atoms with Crippen LogP contribution in [0.5, 0.6) is 0 Å². The lowest BCUT2D eigenvalue weighted by molar-refractivity contribution is -0.143. The topological polar surface area (TPSA) is 237 Å². The molecule has 0 aliphatic carbocycles. The molecule has 5 atom stereocenters. The van der Waals surface area contributed by atoms with Gasteiger partial charge in [-0.1, -0.05) is 44.2 Å². The summed E-state index contributed by atoms with van der Waals surface area (Å²) in [6, 6.07) is 5.61. The van der Waals surface area contributed by atoms with E-state index in [2.05, 4.69) is 21.3 Å². The summed E-state index contributed by atoms with van der Waals surface area (Å²) in [5.74, 6) is -4.70. The van der Waals surface area contributed by atoms with Gasteiger partial charge in [-0.25, -0.2) is 13.6 Å². The highest BCUT2D eigenvalue weighted by Crippen LogP contribution is 2.24. The minimum atomic E-state index is -4.16. The SMILES string of the molecule is Cc1cc(C(=O)N[C@H]2C[C@H]3C(=O)N[C@@H](CO)C(=O)N(C)CC(=O)N[C@H](C(C)C)C(=O)N[C@@H](Cc4ccccc4)C(=O)N3C2)cc(S(N)(=O)=O)c1C. The molecule has 2 heterocycles. The van der Waals surface area contributed by atoms with Crippen LogP contribution in [0.25, 0.3) is 0 Å². The van der Waals surface area contributed by atoms with Crippen LogP contribution in [0.2, 0.25) is 0 Å².